The zero-order chi connectivity index (χ0) is 27.7. The summed E-state index contributed by atoms with van der Waals surface area (Å²) < 4.78 is 31.7. The van der Waals surface area contributed by atoms with Crippen molar-refractivity contribution in [1.29, 1.82) is 0 Å². The fourth-order valence-electron chi connectivity index (χ4n) is 3.45. The fraction of sp³-hybridized carbons (Fsp3) is 0.889. The van der Waals surface area contributed by atoms with Gasteiger partial charge < -0.3 is 19.7 Å². The van der Waals surface area contributed by atoms with Crippen molar-refractivity contribution in [2.45, 2.75) is 117 Å². The van der Waals surface area contributed by atoms with Gasteiger partial charge in [0.15, 0.2) is 0 Å². The van der Waals surface area contributed by atoms with Gasteiger partial charge in [0.05, 0.1) is 39.9 Å². The molecule has 8 nitrogen and oxygen atoms in total. The Hall–Kier alpha value is -1.00. The van der Waals surface area contributed by atoms with Crippen LogP contribution in [0, 0.1) is 0 Å². The molecule has 0 aliphatic heterocycles. The highest BCUT2D eigenvalue weighted by Gasteiger charge is 2.09. The molecule has 0 unspecified atom stereocenters. The predicted molar refractivity (Wildman–Crippen MR) is 148 cm³/mol. The molecule has 0 aromatic rings. The van der Waals surface area contributed by atoms with Crippen LogP contribution in [0.1, 0.15) is 111 Å². The fourth-order valence-corrected chi connectivity index (χ4v) is 3.75. The van der Waals surface area contributed by atoms with E-state index in [0.29, 0.717) is 13.0 Å². The lowest BCUT2D eigenvalue weighted by molar-refractivity contribution is -0.888. The van der Waals surface area contributed by atoms with Gasteiger partial charge >= 0.3 is 10.4 Å². The molecule has 36 heavy (non-hydrogen) atoms. The van der Waals surface area contributed by atoms with Crippen molar-refractivity contribution >= 4 is 16.3 Å². The third-order valence-electron chi connectivity index (χ3n) is 6.06. The van der Waals surface area contributed by atoms with Gasteiger partial charge in [0.2, 0.25) is 0 Å². The number of allylic oxidation sites excluding steroid dienone is 1. The number of nitrogens with zero attached hydrogens (tertiary/aromatic N) is 2. The molecule has 0 aromatic heterocycles. The smallest absolute Gasteiger partial charge is 0.397 e. The van der Waals surface area contributed by atoms with E-state index in [1.807, 2.05) is 0 Å². The Morgan fingerprint density at radius 3 is 2.19 bits per heavy atom. The van der Waals surface area contributed by atoms with E-state index in [9.17, 15) is 18.6 Å². The number of unbranched alkanes of at least 4 members (excludes halogenated alkanes) is 8. The van der Waals surface area contributed by atoms with Gasteiger partial charge in [-0.25, -0.2) is 4.18 Å². The van der Waals surface area contributed by atoms with E-state index >= 15 is 0 Å². The first-order chi connectivity index (χ1) is 17.0. The molecule has 2 N–H and O–H groups in total. The summed E-state index contributed by atoms with van der Waals surface area (Å²) in [5.74, 6) is 0.0861. The Balaban J connectivity index is 0. The molecule has 0 saturated carbocycles. The van der Waals surface area contributed by atoms with E-state index < -0.39 is 10.4 Å². The van der Waals surface area contributed by atoms with E-state index in [-0.39, 0.29) is 18.6 Å². The Morgan fingerprint density at radius 1 is 0.972 bits per heavy atom. The third-order valence-corrected chi connectivity index (χ3v) is 6.59. The molecule has 0 spiro atoms. The Labute approximate surface area is 222 Å². The Bertz CT molecular complexity index is 651. The average Bonchev–Trinajstić information content (AvgIpc) is 2.80. The summed E-state index contributed by atoms with van der Waals surface area (Å²) in [7, 11) is 0.263. The molecule has 0 amide bonds. The molecule has 0 aliphatic carbocycles. The molecule has 1 atom stereocenters. The number of aliphatic imine (C=N–C) groups is 1. The van der Waals surface area contributed by atoms with Gasteiger partial charge in [-0.05, 0) is 58.3 Å². The van der Waals surface area contributed by atoms with Crippen molar-refractivity contribution in [3.05, 3.63) is 12.2 Å². The molecule has 0 rings (SSSR count). The first-order valence-electron chi connectivity index (χ1n) is 13.9. The molecule has 0 fully saturated rings. The van der Waals surface area contributed by atoms with Crippen LogP contribution in [0.3, 0.4) is 0 Å². The van der Waals surface area contributed by atoms with Crippen LogP contribution in [0.4, 0.5) is 0 Å². The van der Waals surface area contributed by atoms with Crippen LogP contribution < -0.4 is 5.11 Å². The summed E-state index contributed by atoms with van der Waals surface area (Å²) in [6, 6.07) is 0. The summed E-state index contributed by atoms with van der Waals surface area (Å²) in [5, 5.41) is 21.7. The lowest BCUT2D eigenvalue weighted by Crippen LogP contribution is -2.40. The SMILES string of the molecule is CCCCCC[C@@H](O)CC=CCCCCCCCC([O-])=NCCC[N+](C)(C)CC.CCOS(=O)(=O)O. The quantitative estimate of drug-likeness (QED) is 0.0498. The molecule has 216 valence electrons. The second-order valence-electron chi connectivity index (χ2n) is 9.96. The summed E-state index contributed by atoms with van der Waals surface area (Å²) in [6.07, 6.45) is 19.3. The molecule has 0 heterocycles. The molecule has 0 radical (unpaired) electrons. The molecule has 0 bridgehead atoms. The highest BCUT2D eigenvalue weighted by atomic mass is 32.3. The first kappa shape index (κ1) is 37.2. The minimum absolute atomic E-state index is 0.0289. The maximum Gasteiger partial charge on any atom is 0.397 e. The van der Waals surface area contributed by atoms with Gasteiger partial charge in [-0.15, -0.1) is 0 Å². The number of hydrogen-bond acceptors (Lipinski definition) is 6. The molecular weight excluding hydrogens is 480 g/mol. The highest BCUT2D eigenvalue weighted by molar-refractivity contribution is 7.80. The van der Waals surface area contributed by atoms with E-state index in [0.717, 1.165) is 62.5 Å². The second-order valence-corrected chi connectivity index (χ2v) is 11.0. The predicted octanol–water partition coefficient (Wildman–Crippen LogP) is 5.07. The normalized spacial score (nSPS) is 13.6. The monoisotopic (exact) mass is 536 g/mol. The van der Waals surface area contributed by atoms with Crippen molar-refractivity contribution in [3.8, 4) is 0 Å². The van der Waals surface area contributed by atoms with Gasteiger partial charge in [-0.2, -0.15) is 8.42 Å². The van der Waals surface area contributed by atoms with E-state index in [2.05, 4.69) is 49.3 Å². The molecule has 0 saturated heterocycles. The van der Waals surface area contributed by atoms with Crippen molar-refractivity contribution in [1.82, 2.24) is 0 Å². The lowest BCUT2D eigenvalue weighted by atomic mass is 10.1. The van der Waals surface area contributed by atoms with E-state index in [1.165, 1.54) is 45.4 Å². The Morgan fingerprint density at radius 2 is 1.61 bits per heavy atom. The zero-order valence-corrected chi connectivity index (χ0v) is 24.6. The van der Waals surface area contributed by atoms with E-state index in [1.54, 1.807) is 0 Å². The number of hydrogen-bond donors (Lipinski definition) is 2. The lowest BCUT2D eigenvalue weighted by Gasteiger charge is -2.27. The molecular formula is C27H56N2O6S. The van der Waals surface area contributed by atoms with Gasteiger partial charge in [-0.3, -0.25) is 4.55 Å². The topological polar surface area (TPSA) is 119 Å². The number of aliphatic hydroxyl groups excluding tert-OH is 1. The minimum Gasteiger partial charge on any atom is -0.862 e. The van der Waals surface area contributed by atoms with E-state index in [4.69, 9.17) is 4.55 Å². The van der Waals surface area contributed by atoms with Crippen LogP contribution in [0.2, 0.25) is 0 Å². The maximum atomic E-state index is 11.8. The number of aliphatic hydroxyl groups is 1. The van der Waals surface area contributed by atoms with Crippen LogP contribution >= 0.6 is 0 Å². The first-order valence-corrected chi connectivity index (χ1v) is 15.3. The highest BCUT2D eigenvalue weighted by Crippen LogP contribution is 2.10. The minimum atomic E-state index is -4.17. The zero-order valence-electron chi connectivity index (χ0n) is 23.8. The standard InChI is InChI=1S/C25H50N2O2.C2H6O4S/c1-5-7-8-15-19-24(28)20-16-13-11-9-10-12-14-17-21-25(29)26-22-18-23-27(3,4)6-2;1-2-6-7(3,4)5/h13,16,24,28H,5-12,14-15,17-23H2,1-4H3;2H2,1H3,(H,3,4,5)/t24-;/m1./s1. The van der Waals surface area contributed by atoms with Crippen LogP contribution in [0.25, 0.3) is 0 Å². The Kier molecular flexibility index (Phi) is 25.1. The summed E-state index contributed by atoms with van der Waals surface area (Å²) in [4.78, 5) is 4.19. The average molecular weight is 537 g/mol. The van der Waals surface area contributed by atoms with Gasteiger partial charge in [0.25, 0.3) is 0 Å². The van der Waals surface area contributed by atoms with Gasteiger partial charge in [0, 0.05) is 13.0 Å². The number of rotatable bonds is 22. The summed E-state index contributed by atoms with van der Waals surface area (Å²) in [6.45, 7) is 8.72. The van der Waals surface area contributed by atoms with Crippen LogP contribution in [-0.4, -0.2) is 74.9 Å². The van der Waals surface area contributed by atoms with Crippen LogP contribution in [-0.2, 0) is 14.6 Å². The van der Waals surface area contributed by atoms with Crippen molar-refractivity contribution in [2.24, 2.45) is 4.99 Å². The largest absolute Gasteiger partial charge is 0.862 e. The van der Waals surface area contributed by atoms with Crippen LogP contribution in [0.5, 0.6) is 0 Å². The third kappa shape index (κ3) is 31.0. The maximum absolute atomic E-state index is 11.8. The molecule has 0 aromatic carbocycles. The molecule has 9 heteroatoms. The van der Waals surface area contributed by atoms with Gasteiger partial charge in [-0.1, -0.05) is 64.0 Å². The van der Waals surface area contributed by atoms with Gasteiger partial charge in [0.1, 0.15) is 0 Å². The van der Waals surface area contributed by atoms with Crippen molar-refractivity contribution < 1.29 is 31.8 Å². The summed E-state index contributed by atoms with van der Waals surface area (Å²) >= 11 is 0. The van der Waals surface area contributed by atoms with Crippen molar-refractivity contribution in [3.63, 3.8) is 0 Å². The summed E-state index contributed by atoms with van der Waals surface area (Å²) in [5.41, 5.74) is 0. The second kappa shape index (κ2) is 24.3. The number of quaternary nitrogens is 1. The van der Waals surface area contributed by atoms with Crippen LogP contribution in [0.15, 0.2) is 17.1 Å². The van der Waals surface area contributed by atoms with Crippen molar-refractivity contribution in [2.75, 3.05) is 40.3 Å². The molecule has 0 aliphatic rings.